The van der Waals surface area contributed by atoms with Crippen LogP contribution in [-0.2, 0) is 17.6 Å². The summed E-state index contributed by atoms with van der Waals surface area (Å²) in [6.07, 6.45) is 2.95. The molecule has 1 aromatic heterocycles. The van der Waals surface area contributed by atoms with E-state index < -0.39 is 5.97 Å². The first-order chi connectivity index (χ1) is 9.11. The lowest BCUT2D eigenvalue weighted by molar-refractivity contribution is 0.0696. The number of pyridine rings is 1. The molecule has 104 valence electrons. The second kappa shape index (κ2) is 6.02. The van der Waals surface area contributed by atoms with Crippen LogP contribution < -0.4 is 5.32 Å². The van der Waals surface area contributed by atoms with Crippen LogP contribution in [0.15, 0.2) is 6.07 Å². The second-order valence-corrected chi connectivity index (χ2v) is 4.80. The fourth-order valence-corrected chi connectivity index (χ4v) is 2.35. The van der Waals surface area contributed by atoms with Crippen molar-refractivity contribution in [2.75, 3.05) is 18.5 Å². The lowest BCUT2D eigenvalue weighted by Gasteiger charge is -2.15. The first-order valence-corrected chi connectivity index (χ1v) is 6.73. The van der Waals surface area contributed by atoms with Gasteiger partial charge >= 0.3 is 5.97 Å². The lowest BCUT2D eigenvalue weighted by Crippen LogP contribution is -2.22. The van der Waals surface area contributed by atoms with Crippen molar-refractivity contribution in [3.63, 3.8) is 0 Å². The van der Waals surface area contributed by atoms with Crippen molar-refractivity contribution in [1.82, 2.24) is 4.98 Å². The number of aromatic carboxylic acids is 1. The van der Waals surface area contributed by atoms with Crippen LogP contribution in [0, 0.1) is 0 Å². The number of aromatic nitrogens is 1. The summed E-state index contributed by atoms with van der Waals surface area (Å²) in [6, 6.07) is 1.76. The summed E-state index contributed by atoms with van der Waals surface area (Å²) in [5.74, 6) is -0.478. The van der Waals surface area contributed by atoms with E-state index in [0.29, 0.717) is 19.0 Å². The smallest absolute Gasteiger partial charge is 0.339 e. The Labute approximate surface area is 113 Å². The summed E-state index contributed by atoms with van der Waals surface area (Å²) in [5.41, 5.74) is 2.35. The molecule has 0 saturated heterocycles. The molecule has 0 amide bonds. The first-order valence-electron chi connectivity index (χ1n) is 6.73. The summed E-state index contributed by atoms with van der Waals surface area (Å²) in [5, 5.41) is 12.3. The molecule has 0 saturated carbocycles. The number of aryl methyl sites for hydroxylation is 2. The fourth-order valence-electron chi connectivity index (χ4n) is 2.35. The van der Waals surface area contributed by atoms with Crippen molar-refractivity contribution in [3.05, 3.63) is 22.9 Å². The van der Waals surface area contributed by atoms with Gasteiger partial charge in [-0.15, -0.1) is 0 Å². The molecule has 2 rings (SSSR count). The van der Waals surface area contributed by atoms with Gasteiger partial charge in [0.25, 0.3) is 0 Å². The molecule has 1 aliphatic carbocycles. The molecule has 1 aromatic rings. The summed E-state index contributed by atoms with van der Waals surface area (Å²) >= 11 is 0. The molecule has 2 N–H and O–H groups in total. The van der Waals surface area contributed by atoms with Gasteiger partial charge in [0, 0.05) is 18.8 Å². The van der Waals surface area contributed by atoms with Crippen LogP contribution in [-0.4, -0.2) is 35.3 Å². The number of carboxylic acids is 1. The van der Waals surface area contributed by atoms with Gasteiger partial charge in [-0.1, -0.05) is 0 Å². The average molecular weight is 264 g/mol. The molecule has 1 heterocycles. The molecule has 0 bridgehead atoms. The lowest BCUT2D eigenvalue weighted by atomic mass is 10.1. The van der Waals surface area contributed by atoms with Gasteiger partial charge in [0.2, 0.25) is 0 Å². The number of hydrogen-bond acceptors (Lipinski definition) is 4. The van der Waals surface area contributed by atoms with Crippen LogP contribution in [0.5, 0.6) is 0 Å². The first kappa shape index (κ1) is 13.8. The average Bonchev–Trinajstić information content (AvgIpc) is 2.82. The summed E-state index contributed by atoms with van der Waals surface area (Å²) < 4.78 is 5.42. The Hall–Kier alpha value is -1.62. The monoisotopic (exact) mass is 264 g/mol. The van der Waals surface area contributed by atoms with E-state index >= 15 is 0 Å². The van der Waals surface area contributed by atoms with E-state index in [1.165, 1.54) is 0 Å². The highest BCUT2D eigenvalue weighted by Gasteiger charge is 2.20. The number of anilines is 1. The third kappa shape index (κ3) is 3.23. The minimum atomic E-state index is -0.936. The van der Waals surface area contributed by atoms with Crippen LogP contribution in [0.25, 0.3) is 0 Å². The van der Waals surface area contributed by atoms with Crippen LogP contribution in [0.2, 0.25) is 0 Å². The molecule has 0 aliphatic heterocycles. The number of carbonyl (C=O) groups is 1. The zero-order valence-electron chi connectivity index (χ0n) is 11.4. The van der Waals surface area contributed by atoms with E-state index in [1.807, 2.05) is 13.8 Å². The maximum absolute atomic E-state index is 11.3. The number of carboxylic acid groups (broad SMARTS) is 1. The van der Waals surface area contributed by atoms with Gasteiger partial charge in [-0.25, -0.2) is 9.78 Å². The zero-order chi connectivity index (χ0) is 13.8. The molecule has 1 aliphatic rings. The zero-order valence-corrected chi connectivity index (χ0v) is 11.4. The highest BCUT2D eigenvalue weighted by molar-refractivity contribution is 5.93. The molecular formula is C14H20N2O3. The van der Waals surface area contributed by atoms with Crippen LogP contribution >= 0.6 is 0 Å². The summed E-state index contributed by atoms with van der Waals surface area (Å²) in [6.45, 7) is 5.09. The van der Waals surface area contributed by atoms with Gasteiger partial charge < -0.3 is 15.2 Å². The van der Waals surface area contributed by atoms with E-state index in [0.717, 1.165) is 30.5 Å². The Morgan fingerprint density at radius 1 is 1.58 bits per heavy atom. The van der Waals surface area contributed by atoms with Crippen molar-refractivity contribution in [1.29, 1.82) is 0 Å². The normalized spacial score (nSPS) is 15.1. The Bertz CT molecular complexity index is 474. The Morgan fingerprint density at radius 2 is 2.37 bits per heavy atom. The van der Waals surface area contributed by atoms with Gasteiger partial charge in [-0.05, 0) is 44.7 Å². The van der Waals surface area contributed by atoms with Crippen LogP contribution in [0.3, 0.4) is 0 Å². The van der Waals surface area contributed by atoms with Gasteiger partial charge in [0.1, 0.15) is 11.4 Å². The predicted molar refractivity (Wildman–Crippen MR) is 72.8 cm³/mol. The molecule has 19 heavy (non-hydrogen) atoms. The topological polar surface area (TPSA) is 71.5 Å². The number of nitrogens with one attached hydrogen (secondary N) is 1. The van der Waals surface area contributed by atoms with Crippen LogP contribution in [0.1, 0.15) is 41.9 Å². The Balaban J connectivity index is 2.16. The third-order valence-electron chi connectivity index (χ3n) is 3.29. The molecule has 1 unspecified atom stereocenters. The van der Waals surface area contributed by atoms with Crippen molar-refractivity contribution in [2.45, 2.75) is 39.2 Å². The molecule has 0 spiro atoms. The molecular weight excluding hydrogens is 244 g/mol. The number of ether oxygens (including phenoxy) is 1. The Morgan fingerprint density at radius 3 is 3.05 bits per heavy atom. The molecule has 5 heteroatoms. The van der Waals surface area contributed by atoms with Gasteiger partial charge in [0.05, 0.1) is 6.10 Å². The molecule has 5 nitrogen and oxygen atoms in total. The SMILES string of the molecule is CCOC(C)CNc1nc2c(cc1C(=O)O)CCC2. The van der Waals surface area contributed by atoms with Gasteiger partial charge in [0.15, 0.2) is 0 Å². The minimum absolute atomic E-state index is 0.0294. The molecule has 0 fully saturated rings. The third-order valence-corrected chi connectivity index (χ3v) is 3.29. The van der Waals surface area contributed by atoms with Gasteiger partial charge in [-0.3, -0.25) is 0 Å². The highest BCUT2D eigenvalue weighted by Crippen LogP contribution is 2.25. The quantitative estimate of drug-likeness (QED) is 0.823. The largest absolute Gasteiger partial charge is 0.478 e. The number of nitrogens with zero attached hydrogens (tertiary/aromatic N) is 1. The van der Waals surface area contributed by atoms with E-state index in [4.69, 9.17) is 4.74 Å². The summed E-state index contributed by atoms with van der Waals surface area (Å²) in [7, 11) is 0. The van der Waals surface area contributed by atoms with Crippen molar-refractivity contribution >= 4 is 11.8 Å². The van der Waals surface area contributed by atoms with E-state index in [9.17, 15) is 9.90 Å². The maximum Gasteiger partial charge on any atom is 0.339 e. The molecule has 0 radical (unpaired) electrons. The number of fused-ring (bicyclic) bond motifs is 1. The Kier molecular flexibility index (Phi) is 4.37. The molecule has 1 atom stereocenters. The summed E-state index contributed by atoms with van der Waals surface area (Å²) in [4.78, 5) is 15.7. The standard InChI is InChI=1S/C14H20N2O3/c1-3-19-9(2)8-15-13-11(14(17)18)7-10-5-4-6-12(10)16-13/h7,9H,3-6,8H2,1-2H3,(H,15,16)(H,17,18). The number of hydrogen-bond donors (Lipinski definition) is 2. The van der Waals surface area contributed by atoms with Gasteiger partial charge in [-0.2, -0.15) is 0 Å². The predicted octanol–water partition coefficient (Wildman–Crippen LogP) is 2.11. The van der Waals surface area contributed by atoms with E-state index in [-0.39, 0.29) is 11.7 Å². The maximum atomic E-state index is 11.3. The highest BCUT2D eigenvalue weighted by atomic mass is 16.5. The second-order valence-electron chi connectivity index (χ2n) is 4.80. The van der Waals surface area contributed by atoms with Crippen molar-refractivity contribution < 1.29 is 14.6 Å². The van der Waals surface area contributed by atoms with Crippen LogP contribution in [0.4, 0.5) is 5.82 Å². The minimum Gasteiger partial charge on any atom is -0.478 e. The van der Waals surface area contributed by atoms with Crippen molar-refractivity contribution in [2.24, 2.45) is 0 Å². The molecule has 0 aromatic carbocycles. The van der Waals surface area contributed by atoms with Crippen molar-refractivity contribution in [3.8, 4) is 0 Å². The number of rotatable bonds is 6. The van der Waals surface area contributed by atoms with E-state index in [1.54, 1.807) is 6.07 Å². The fraction of sp³-hybridized carbons (Fsp3) is 0.571. The van der Waals surface area contributed by atoms with E-state index in [2.05, 4.69) is 10.3 Å².